The average molecular weight is 230 g/mol. The van der Waals surface area contributed by atoms with E-state index in [1.54, 1.807) is 0 Å². The number of rotatable bonds is 1. The van der Waals surface area contributed by atoms with Gasteiger partial charge in [-0.25, -0.2) is 0 Å². The van der Waals surface area contributed by atoms with Crippen LogP contribution in [-0.2, 0) is 12.8 Å². The number of fused-ring (bicyclic) bond motifs is 3. The number of aromatic amines is 1. The van der Waals surface area contributed by atoms with Crippen molar-refractivity contribution in [3.05, 3.63) is 27.6 Å². The maximum Gasteiger partial charge on any atom is 0.293 e. The Kier molecular flexibility index (Phi) is 1.76. The van der Waals surface area contributed by atoms with E-state index in [1.165, 1.54) is 25.0 Å². The van der Waals surface area contributed by atoms with Crippen molar-refractivity contribution in [3.63, 3.8) is 0 Å². The van der Waals surface area contributed by atoms with Crippen molar-refractivity contribution in [3.8, 4) is 0 Å². The molecule has 0 radical (unpaired) electrons. The van der Waals surface area contributed by atoms with Crippen molar-refractivity contribution in [2.75, 3.05) is 0 Å². The Morgan fingerprint density at radius 2 is 2.00 bits per heavy atom. The van der Waals surface area contributed by atoms with Crippen LogP contribution in [0.3, 0.4) is 0 Å². The molecule has 1 saturated carbocycles. The average Bonchev–Trinajstić information content (AvgIpc) is 3.08. The fraction of sp³-hybridized carbons (Fsp3) is 0.583. The topological polar surface area (TPSA) is 63.0 Å². The molecule has 0 spiro atoms. The van der Waals surface area contributed by atoms with Crippen LogP contribution in [0.4, 0.5) is 0 Å². The molecule has 2 heterocycles. The lowest BCUT2D eigenvalue weighted by molar-refractivity contribution is 0.633. The fourth-order valence-electron chi connectivity index (χ4n) is 2.78. The molecule has 2 aliphatic rings. The zero-order chi connectivity index (χ0) is 11.4. The molecule has 0 aliphatic heterocycles. The van der Waals surface area contributed by atoms with Crippen molar-refractivity contribution in [1.29, 1.82) is 0 Å². The summed E-state index contributed by atoms with van der Waals surface area (Å²) in [6.07, 6.45) is 6.72. The van der Waals surface area contributed by atoms with Crippen LogP contribution in [0.5, 0.6) is 0 Å². The lowest BCUT2D eigenvalue weighted by Gasteiger charge is -2.17. The molecule has 2 aromatic rings. The van der Waals surface area contributed by atoms with Gasteiger partial charge in [-0.2, -0.15) is 0 Å². The number of aryl methyl sites for hydroxylation is 2. The molecule has 0 bridgehead atoms. The Morgan fingerprint density at radius 1 is 1.18 bits per heavy atom. The molecule has 88 valence electrons. The van der Waals surface area contributed by atoms with Gasteiger partial charge in [0, 0.05) is 17.3 Å². The van der Waals surface area contributed by atoms with Crippen molar-refractivity contribution in [1.82, 2.24) is 19.6 Å². The van der Waals surface area contributed by atoms with E-state index in [1.807, 2.05) is 4.40 Å². The Balaban J connectivity index is 2.10. The summed E-state index contributed by atoms with van der Waals surface area (Å²) in [7, 11) is 0. The van der Waals surface area contributed by atoms with Crippen LogP contribution in [0.15, 0.2) is 4.79 Å². The summed E-state index contributed by atoms with van der Waals surface area (Å²) >= 11 is 0. The first-order valence-corrected chi connectivity index (χ1v) is 6.33. The van der Waals surface area contributed by atoms with E-state index in [0.29, 0.717) is 11.6 Å². The number of H-pyrrole nitrogens is 1. The molecule has 0 aromatic carbocycles. The first kappa shape index (κ1) is 9.39. The summed E-state index contributed by atoms with van der Waals surface area (Å²) in [6, 6.07) is 0. The van der Waals surface area contributed by atoms with Gasteiger partial charge in [-0.3, -0.25) is 9.20 Å². The van der Waals surface area contributed by atoms with Crippen LogP contribution in [0.2, 0.25) is 0 Å². The third-order valence-electron chi connectivity index (χ3n) is 3.81. The molecule has 0 atom stereocenters. The largest absolute Gasteiger partial charge is 0.321 e. The SMILES string of the molecule is O=c1[nH]c2c(n3c(C4CC4)nnc13)CCCC2. The minimum atomic E-state index is -0.0925. The molecular formula is C12H14N4O. The maximum atomic E-state index is 11.9. The summed E-state index contributed by atoms with van der Waals surface area (Å²) < 4.78 is 2.03. The second-order valence-corrected chi connectivity index (χ2v) is 5.08. The number of hydrogen-bond acceptors (Lipinski definition) is 3. The van der Waals surface area contributed by atoms with Gasteiger partial charge in [0.25, 0.3) is 5.56 Å². The van der Waals surface area contributed by atoms with Crippen LogP contribution in [0, 0.1) is 0 Å². The first-order chi connectivity index (χ1) is 8.34. The molecule has 2 aliphatic carbocycles. The van der Waals surface area contributed by atoms with Crippen LogP contribution in [0.1, 0.15) is 48.8 Å². The van der Waals surface area contributed by atoms with E-state index in [-0.39, 0.29) is 5.56 Å². The quantitative estimate of drug-likeness (QED) is 0.800. The summed E-state index contributed by atoms with van der Waals surface area (Å²) in [5, 5.41) is 8.28. The molecule has 1 N–H and O–H groups in total. The lowest BCUT2D eigenvalue weighted by Crippen LogP contribution is -2.21. The van der Waals surface area contributed by atoms with Gasteiger partial charge in [0.05, 0.1) is 0 Å². The van der Waals surface area contributed by atoms with E-state index in [2.05, 4.69) is 15.2 Å². The highest BCUT2D eigenvalue weighted by atomic mass is 16.1. The molecule has 0 unspecified atom stereocenters. The van der Waals surface area contributed by atoms with Gasteiger partial charge in [-0.1, -0.05) is 0 Å². The molecule has 4 rings (SSSR count). The van der Waals surface area contributed by atoms with Crippen molar-refractivity contribution in [2.24, 2.45) is 0 Å². The number of nitrogens with one attached hydrogen (secondary N) is 1. The third kappa shape index (κ3) is 1.28. The predicted octanol–water partition coefficient (Wildman–Crippen LogP) is 1.17. The molecule has 2 aromatic heterocycles. The van der Waals surface area contributed by atoms with Crippen LogP contribution < -0.4 is 5.56 Å². The van der Waals surface area contributed by atoms with E-state index in [9.17, 15) is 4.79 Å². The normalized spacial score (nSPS) is 19.5. The highest BCUT2D eigenvalue weighted by molar-refractivity contribution is 5.40. The Morgan fingerprint density at radius 3 is 2.82 bits per heavy atom. The Labute approximate surface area is 97.9 Å². The molecule has 17 heavy (non-hydrogen) atoms. The van der Waals surface area contributed by atoms with Gasteiger partial charge in [-0.15, -0.1) is 10.2 Å². The van der Waals surface area contributed by atoms with Crippen molar-refractivity contribution >= 4 is 5.65 Å². The minimum Gasteiger partial charge on any atom is -0.321 e. The zero-order valence-electron chi connectivity index (χ0n) is 9.57. The second-order valence-electron chi connectivity index (χ2n) is 5.08. The monoisotopic (exact) mass is 230 g/mol. The van der Waals surface area contributed by atoms with Gasteiger partial charge < -0.3 is 4.98 Å². The lowest BCUT2D eigenvalue weighted by atomic mass is 10.0. The summed E-state index contributed by atoms with van der Waals surface area (Å²) in [5.41, 5.74) is 2.71. The van der Waals surface area contributed by atoms with Gasteiger partial charge in [-0.05, 0) is 38.5 Å². The van der Waals surface area contributed by atoms with E-state index in [0.717, 1.165) is 30.8 Å². The predicted molar refractivity (Wildman–Crippen MR) is 62.2 cm³/mol. The summed E-state index contributed by atoms with van der Waals surface area (Å²) in [4.78, 5) is 14.9. The Hall–Kier alpha value is -1.65. The van der Waals surface area contributed by atoms with E-state index < -0.39 is 0 Å². The van der Waals surface area contributed by atoms with Gasteiger partial charge in [0.1, 0.15) is 5.82 Å². The number of hydrogen-bond donors (Lipinski definition) is 1. The van der Waals surface area contributed by atoms with Crippen molar-refractivity contribution in [2.45, 2.75) is 44.4 Å². The smallest absolute Gasteiger partial charge is 0.293 e. The summed E-state index contributed by atoms with van der Waals surface area (Å²) in [5.74, 6) is 1.53. The Bertz CT molecular complexity index is 650. The zero-order valence-corrected chi connectivity index (χ0v) is 9.57. The molecular weight excluding hydrogens is 216 g/mol. The van der Waals surface area contributed by atoms with E-state index in [4.69, 9.17) is 0 Å². The highest BCUT2D eigenvalue weighted by Gasteiger charge is 2.31. The number of nitrogens with zero attached hydrogens (tertiary/aromatic N) is 3. The summed E-state index contributed by atoms with van der Waals surface area (Å²) in [6.45, 7) is 0. The maximum absolute atomic E-state index is 11.9. The highest BCUT2D eigenvalue weighted by Crippen LogP contribution is 2.39. The van der Waals surface area contributed by atoms with Gasteiger partial charge >= 0.3 is 0 Å². The van der Waals surface area contributed by atoms with E-state index >= 15 is 0 Å². The van der Waals surface area contributed by atoms with Gasteiger partial charge in [0.2, 0.25) is 5.65 Å². The standard InChI is InChI=1S/C12H14N4O/c17-12-11-15-14-10(7-5-6-7)16(11)9-4-2-1-3-8(9)13-12/h7H,1-6H2,(H,13,17). The van der Waals surface area contributed by atoms with Crippen LogP contribution in [0.25, 0.3) is 5.65 Å². The van der Waals surface area contributed by atoms with Crippen molar-refractivity contribution < 1.29 is 0 Å². The second kappa shape index (κ2) is 3.18. The molecule has 5 nitrogen and oxygen atoms in total. The van der Waals surface area contributed by atoms with Gasteiger partial charge in [0.15, 0.2) is 0 Å². The molecule has 1 fully saturated rings. The molecule has 5 heteroatoms. The van der Waals surface area contributed by atoms with Crippen LogP contribution in [-0.4, -0.2) is 19.6 Å². The fourth-order valence-corrected chi connectivity index (χ4v) is 2.78. The third-order valence-corrected chi connectivity index (χ3v) is 3.81. The number of aromatic nitrogens is 4. The minimum absolute atomic E-state index is 0.0925. The molecule has 0 saturated heterocycles. The van der Waals surface area contributed by atoms with Crippen LogP contribution >= 0.6 is 0 Å². The first-order valence-electron chi connectivity index (χ1n) is 6.33. The molecule has 0 amide bonds.